The lowest BCUT2D eigenvalue weighted by Gasteiger charge is -2.27. The van der Waals surface area contributed by atoms with Crippen LogP contribution in [0.2, 0.25) is 0 Å². The van der Waals surface area contributed by atoms with Crippen molar-refractivity contribution < 1.29 is 17.3 Å². The smallest absolute Gasteiger partial charge is 0.297 e. The lowest BCUT2D eigenvalue weighted by molar-refractivity contribution is 0.0203. The fourth-order valence-corrected chi connectivity index (χ4v) is 3.99. The van der Waals surface area contributed by atoms with Crippen molar-refractivity contribution in [3.63, 3.8) is 0 Å². The summed E-state index contributed by atoms with van der Waals surface area (Å²) >= 11 is 0. The number of aryl methyl sites for hydroxylation is 1. The van der Waals surface area contributed by atoms with Crippen LogP contribution in [0.15, 0.2) is 29.2 Å². The number of ether oxygens (including phenoxy) is 1. The van der Waals surface area contributed by atoms with Crippen LogP contribution < -0.4 is 0 Å². The molecule has 0 heterocycles. The molecule has 1 fully saturated rings. The van der Waals surface area contributed by atoms with Gasteiger partial charge in [0, 0.05) is 6.61 Å². The molecule has 118 valence electrons. The molecular formula is C16H24O4S. The number of benzene rings is 1. The molecule has 0 saturated heterocycles. The van der Waals surface area contributed by atoms with Crippen LogP contribution in [0.4, 0.5) is 0 Å². The first-order chi connectivity index (χ1) is 10.0. The number of hydrogen-bond donors (Lipinski definition) is 0. The third kappa shape index (κ3) is 4.53. The molecule has 0 spiro atoms. The first kappa shape index (κ1) is 16.5. The van der Waals surface area contributed by atoms with Crippen LogP contribution >= 0.6 is 0 Å². The molecule has 0 bridgehead atoms. The van der Waals surface area contributed by atoms with Crippen molar-refractivity contribution in [2.24, 2.45) is 5.92 Å². The monoisotopic (exact) mass is 312 g/mol. The standard InChI is InChI=1S/C16H24O4S/c1-3-19-15-10-8-14(9-11-15)12-20-21(17,18)16-7-5-4-6-13(16)2/h4-7,14-15H,3,8-12H2,1-2H3. The SMILES string of the molecule is CCOC1CCC(COS(=O)(=O)c2ccccc2C)CC1. The number of rotatable bonds is 6. The lowest BCUT2D eigenvalue weighted by atomic mass is 9.88. The highest BCUT2D eigenvalue weighted by molar-refractivity contribution is 7.86. The Hall–Kier alpha value is -0.910. The minimum Gasteiger partial charge on any atom is -0.379 e. The molecule has 21 heavy (non-hydrogen) atoms. The van der Waals surface area contributed by atoms with Crippen LogP contribution in [-0.2, 0) is 19.0 Å². The van der Waals surface area contributed by atoms with Crippen LogP contribution in [-0.4, -0.2) is 27.7 Å². The predicted octanol–water partition coefficient (Wildman–Crippen LogP) is 3.30. The van der Waals surface area contributed by atoms with Crippen LogP contribution in [0.1, 0.15) is 38.2 Å². The Balaban J connectivity index is 1.87. The van der Waals surface area contributed by atoms with Crippen molar-refractivity contribution in [2.45, 2.75) is 50.5 Å². The van der Waals surface area contributed by atoms with E-state index < -0.39 is 10.1 Å². The molecule has 2 rings (SSSR count). The quantitative estimate of drug-likeness (QED) is 0.756. The summed E-state index contributed by atoms with van der Waals surface area (Å²) in [6, 6.07) is 6.92. The molecule has 1 aromatic rings. The van der Waals surface area contributed by atoms with Crippen molar-refractivity contribution in [2.75, 3.05) is 13.2 Å². The van der Waals surface area contributed by atoms with E-state index in [0.717, 1.165) is 37.9 Å². The minimum absolute atomic E-state index is 0.271. The van der Waals surface area contributed by atoms with E-state index in [0.29, 0.717) is 12.0 Å². The van der Waals surface area contributed by atoms with Gasteiger partial charge in [-0.05, 0) is 57.1 Å². The summed E-state index contributed by atoms with van der Waals surface area (Å²) in [5, 5.41) is 0. The maximum absolute atomic E-state index is 12.2. The predicted molar refractivity (Wildman–Crippen MR) is 81.7 cm³/mol. The third-order valence-corrected chi connectivity index (χ3v) is 5.46. The van der Waals surface area contributed by atoms with E-state index in [1.165, 1.54) is 0 Å². The van der Waals surface area contributed by atoms with Gasteiger partial charge in [0.1, 0.15) is 0 Å². The second kappa shape index (κ2) is 7.38. The molecule has 1 aliphatic carbocycles. The van der Waals surface area contributed by atoms with Crippen LogP contribution in [0.3, 0.4) is 0 Å². The maximum Gasteiger partial charge on any atom is 0.297 e. The van der Waals surface area contributed by atoms with E-state index in [2.05, 4.69) is 0 Å². The van der Waals surface area contributed by atoms with E-state index in [4.69, 9.17) is 8.92 Å². The number of hydrogen-bond acceptors (Lipinski definition) is 4. The Kier molecular flexibility index (Phi) is 5.79. The fraction of sp³-hybridized carbons (Fsp3) is 0.625. The van der Waals surface area contributed by atoms with E-state index in [9.17, 15) is 8.42 Å². The van der Waals surface area contributed by atoms with Crippen LogP contribution in [0.5, 0.6) is 0 Å². The molecule has 0 aromatic heterocycles. The van der Waals surface area contributed by atoms with Gasteiger partial charge in [0.15, 0.2) is 0 Å². The van der Waals surface area contributed by atoms with Crippen molar-refractivity contribution in [3.8, 4) is 0 Å². The van der Waals surface area contributed by atoms with Gasteiger partial charge < -0.3 is 4.74 Å². The Morgan fingerprint density at radius 1 is 1.14 bits per heavy atom. The Morgan fingerprint density at radius 3 is 2.43 bits per heavy atom. The van der Waals surface area contributed by atoms with Gasteiger partial charge >= 0.3 is 0 Å². The summed E-state index contributed by atoms with van der Waals surface area (Å²) in [5.74, 6) is 0.306. The second-order valence-electron chi connectivity index (χ2n) is 5.60. The fourth-order valence-electron chi connectivity index (χ4n) is 2.79. The highest BCUT2D eigenvalue weighted by Crippen LogP contribution is 2.27. The summed E-state index contributed by atoms with van der Waals surface area (Å²) in [4.78, 5) is 0.271. The molecule has 1 saturated carbocycles. The molecular weight excluding hydrogens is 288 g/mol. The zero-order chi connectivity index (χ0) is 15.3. The van der Waals surface area contributed by atoms with Crippen molar-refractivity contribution in [3.05, 3.63) is 29.8 Å². The molecule has 1 aromatic carbocycles. The summed E-state index contributed by atoms with van der Waals surface area (Å²) in [7, 11) is -3.65. The Morgan fingerprint density at radius 2 is 1.81 bits per heavy atom. The van der Waals surface area contributed by atoms with Gasteiger partial charge in [0.25, 0.3) is 10.1 Å². The normalized spacial score (nSPS) is 23.1. The minimum atomic E-state index is -3.65. The topological polar surface area (TPSA) is 52.6 Å². The molecule has 0 atom stereocenters. The molecule has 0 amide bonds. The van der Waals surface area contributed by atoms with Gasteiger partial charge in [-0.3, -0.25) is 4.18 Å². The zero-order valence-corrected chi connectivity index (χ0v) is 13.6. The van der Waals surface area contributed by atoms with Gasteiger partial charge in [-0.25, -0.2) is 0 Å². The highest BCUT2D eigenvalue weighted by atomic mass is 32.2. The van der Waals surface area contributed by atoms with E-state index in [1.54, 1.807) is 25.1 Å². The lowest BCUT2D eigenvalue weighted by Crippen LogP contribution is -2.25. The molecule has 0 radical (unpaired) electrons. The van der Waals surface area contributed by atoms with E-state index >= 15 is 0 Å². The summed E-state index contributed by atoms with van der Waals surface area (Å²) in [5.41, 5.74) is 0.720. The van der Waals surface area contributed by atoms with E-state index in [1.807, 2.05) is 13.0 Å². The van der Waals surface area contributed by atoms with E-state index in [-0.39, 0.29) is 11.5 Å². The van der Waals surface area contributed by atoms with Gasteiger partial charge in [0.05, 0.1) is 17.6 Å². The average Bonchev–Trinajstić information content (AvgIpc) is 2.47. The average molecular weight is 312 g/mol. The van der Waals surface area contributed by atoms with Crippen LogP contribution in [0.25, 0.3) is 0 Å². The Bertz CT molecular complexity index is 545. The largest absolute Gasteiger partial charge is 0.379 e. The summed E-state index contributed by atoms with van der Waals surface area (Å²) in [6.45, 7) is 4.80. The maximum atomic E-state index is 12.2. The van der Waals surface area contributed by atoms with Gasteiger partial charge in [-0.15, -0.1) is 0 Å². The van der Waals surface area contributed by atoms with Crippen molar-refractivity contribution in [1.29, 1.82) is 0 Å². The summed E-state index contributed by atoms with van der Waals surface area (Å²) < 4.78 is 35.3. The van der Waals surface area contributed by atoms with Crippen LogP contribution in [0, 0.1) is 12.8 Å². The molecule has 5 heteroatoms. The molecule has 4 nitrogen and oxygen atoms in total. The highest BCUT2D eigenvalue weighted by Gasteiger charge is 2.24. The molecule has 0 unspecified atom stereocenters. The van der Waals surface area contributed by atoms with Crippen molar-refractivity contribution >= 4 is 10.1 Å². The van der Waals surface area contributed by atoms with Gasteiger partial charge in [-0.2, -0.15) is 8.42 Å². The third-order valence-electron chi connectivity index (χ3n) is 4.02. The molecule has 1 aliphatic rings. The first-order valence-electron chi connectivity index (χ1n) is 7.59. The van der Waals surface area contributed by atoms with Gasteiger partial charge in [0.2, 0.25) is 0 Å². The Labute approximate surface area is 127 Å². The van der Waals surface area contributed by atoms with Crippen molar-refractivity contribution in [1.82, 2.24) is 0 Å². The zero-order valence-electron chi connectivity index (χ0n) is 12.7. The second-order valence-corrected chi connectivity index (χ2v) is 7.19. The molecule has 0 aliphatic heterocycles. The summed E-state index contributed by atoms with van der Waals surface area (Å²) in [6.07, 6.45) is 4.25. The van der Waals surface area contributed by atoms with Gasteiger partial charge in [-0.1, -0.05) is 18.2 Å². The first-order valence-corrected chi connectivity index (χ1v) is 9.00. The molecule has 0 N–H and O–H groups in total.